The maximum Gasteiger partial charge on any atom is 0.336 e. The van der Waals surface area contributed by atoms with Crippen molar-refractivity contribution < 1.29 is 9.52 Å². The van der Waals surface area contributed by atoms with Crippen LogP contribution in [-0.4, -0.2) is 29.2 Å². The number of piperidine rings is 1. The standard InChI is InChI=1S/C19H25NO3/c1-13-9-14(2)19-15(11-18(22)23-17(19)10-13)12-20-7-4-3-5-16(20)6-8-21/h9-11,16,21H,3-8,12H2,1-2H3/t16-/m0/s1. The number of aryl methyl sites for hydroxylation is 2. The van der Waals surface area contributed by atoms with Crippen LogP contribution in [-0.2, 0) is 6.54 Å². The lowest BCUT2D eigenvalue weighted by atomic mass is 9.97. The molecule has 1 aliphatic heterocycles. The molecule has 4 nitrogen and oxygen atoms in total. The summed E-state index contributed by atoms with van der Waals surface area (Å²) in [6.45, 7) is 6.08. The van der Waals surface area contributed by atoms with Gasteiger partial charge < -0.3 is 9.52 Å². The Balaban J connectivity index is 2.00. The quantitative estimate of drug-likeness (QED) is 0.881. The highest BCUT2D eigenvalue weighted by Crippen LogP contribution is 2.27. The zero-order valence-corrected chi connectivity index (χ0v) is 14.0. The summed E-state index contributed by atoms with van der Waals surface area (Å²) in [6, 6.07) is 6.11. The van der Waals surface area contributed by atoms with Gasteiger partial charge in [0, 0.05) is 30.6 Å². The van der Waals surface area contributed by atoms with E-state index in [4.69, 9.17) is 4.42 Å². The maximum absolute atomic E-state index is 12.0. The predicted molar refractivity (Wildman–Crippen MR) is 91.7 cm³/mol. The van der Waals surface area contributed by atoms with Crippen molar-refractivity contribution in [3.05, 3.63) is 45.3 Å². The van der Waals surface area contributed by atoms with Crippen LogP contribution in [0.3, 0.4) is 0 Å². The molecule has 2 heterocycles. The summed E-state index contributed by atoms with van der Waals surface area (Å²) in [5.41, 5.74) is 3.69. The fourth-order valence-electron chi connectivity index (χ4n) is 3.86. The van der Waals surface area contributed by atoms with E-state index in [2.05, 4.69) is 17.9 Å². The van der Waals surface area contributed by atoms with E-state index in [1.165, 1.54) is 12.8 Å². The van der Waals surface area contributed by atoms with Crippen LogP contribution in [0.2, 0.25) is 0 Å². The van der Waals surface area contributed by atoms with Crippen molar-refractivity contribution >= 4 is 11.0 Å². The highest BCUT2D eigenvalue weighted by atomic mass is 16.4. The molecule has 23 heavy (non-hydrogen) atoms. The fourth-order valence-corrected chi connectivity index (χ4v) is 3.86. The number of nitrogens with zero attached hydrogens (tertiary/aromatic N) is 1. The van der Waals surface area contributed by atoms with Crippen LogP contribution < -0.4 is 5.63 Å². The van der Waals surface area contributed by atoms with E-state index < -0.39 is 0 Å². The van der Waals surface area contributed by atoms with Crippen LogP contribution >= 0.6 is 0 Å². The zero-order valence-electron chi connectivity index (χ0n) is 14.0. The van der Waals surface area contributed by atoms with Gasteiger partial charge in [0.25, 0.3) is 0 Å². The van der Waals surface area contributed by atoms with Gasteiger partial charge in [-0.1, -0.05) is 12.5 Å². The fraction of sp³-hybridized carbons (Fsp3) is 0.526. The zero-order chi connectivity index (χ0) is 16.4. The second-order valence-electron chi connectivity index (χ2n) is 6.68. The molecule has 0 spiro atoms. The molecule has 1 aliphatic rings. The average molecular weight is 315 g/mol. The molecular formula is C19H25NO3. The van der Waals surface area contributed by atoms with Crippen molar-refractivity contribution in [2.24, 2.45) is 0 Å². The Morgan fingerprint density at radius 2 is 2.09 bits per heavy atom. The summed E-state index contributed by atoms with van der Waals surface area (Å²) < 4.78 is 5.41. The van der Waals surface area contributed by atoms with Gasteiger partial charge in [-0.3, -0.25) is 4.90 Å². The summed E-state index contributed by atoms with van der Waals surface area (Å²) in [5.74, 6) is 0. The Hall–Kier alpha value is -1.65. The Kier molecular flexibility index (Phi) is 4.83. The van der Waals surface area contributed by atoms with E-state index in [9.17, 15) is 9.90 Å². The Morgan fingerprint density at radius 1 is 1.26 bits per heavy atom. The van der Waals surface area contributed by atoms with E-state index in [-0.39, 0.29) is 12.2 Å². The van der Waals surface area contributed by atoms with Gasteiger partial charge in [-0.15, -0.1) is 0 Å². The van der Waals surface area contributed by atoms with Gasteiger partial charge in [0.2, 0.25) is 0 Å². The molecule has 0 amide bonds. The molecule has 1 aromatic heterocycles. The van der Waals surface area contributed by atoms with Crippen molar-refractivity contribution in [2.45, 2.75) is 52.1 Å². The molecule has 1 N–H and O–H groups in total. The summed E-state index contributed by atoms with van der Waals surface area (Å²) >= 11 is 0. The van der Waals surface area contributed by atoms with E-state index in [0.717, 1.165) is 48.0 Å². The van der Waals surface area contributed by atoms with Gasteiger partial charge in [-0.25, -0.2) is 4.79 Å². The van der Waals surface area contributed by atoms with Crippen molar-refractivity contribution in [1.82, 2.24) is 4.90 Å². The third kappa shape index (κ3) is 3.48. The molecule has 0 radical (unpaired) electrons. The van der Waals surface area contributed by atoms with Crippen molar-refractivity contribution in [1.29, 1.82) is 0 Å². The van der Waals surface area contributed by atoms with Crippen LogP contribution in [0.5, 0.6) is 0 Å². The Bertz CT molecular complexity index is 748. The molecule has 0 saturated carbocycles. The van der Waals surface area contributed by atoms with Crippen LogP contribution in [0.1, 0.15) is 42.4 Å². The highest BCUT2D eigenvalue weighted by molar-refractivity contribution is 5.84. The van der Waals surface area contributed by atoms with Gasteiger partial charge in [0.05, 0.1) is 0 Å². The molecular weight excluding hydrogens is 290 g/mol. The van der Waals surface area contributed by atoms with Crippen LogP contribution in [0.4, 0.5) is 0 Å². The molecule has 1 aromatic carbocycles. The number of rotatable bonds is 4. The largest absolute Gasteiger partial charge is 0.423 e. The minimum atomic E-state index is -0.284. The molecule has 0 unspecified atom stereocenters. The summed E-state index contributed by atoms with van der Waals surface area (Å²) in [6.07, 6.45) is 4.33. The van der Waals surface area contributed by atoms with Gasteiger partial charge in [-0.05, 0) is 62.4 Å². The van der Waals surface area contributed by atoms with Crippen molar-refractivity contribution in [3.8, 4) is 0 Å². The summed E-state index contributed by atoms with van der Waals surface area (Å²) in [5, 5.41) is 10.4. The summed E-state index contributed by atoms with van der Waals surface area (Å²) in [4.78, 5) is 14.4. The lowest BCUT2D eigenvalue weighted by Crippen LogP contribution is -2.39. The minimum absolute atomic E-state index is 0.219. The number of aliphatic hydroxyl groups is 1. The molecule has 2 aromatic rings. The second-order valence-corrected chi connectivity index (χ2v) is 6.68. The first kappa shape index (κ1) is 16.2. The van der Waals surface area contributed by atoms with Gasteiger partial charge >= 0.3 is 5.63 Å². The van der Waals surface area contributed by atoms with Gasteiger partial charge in [0.1, 0.15) is 5.58 Å². The van der Waals surface area contributed by atoms with Crippen LogP contribution in [0.15, 0.2) is 27.4 Å². The van der Waals surface area contributed by atoms with Crippen molar-refractivity contribution in [3.63, 3.8) is 0 Å². The lowest BCUT2D eigenvalue weighted by molar-refractivity contribution is 0.113. The second kappa shape index (κ2) is 6.85. The number of likely N-dealkylation sites (tertiary alicyclic amines) is 1. The normalized spacial score (nSPS) is 19.3. The van der Waals surface area contributed by atoms with E-state index in [1.807, 2.05) is 13.0 Å². The average Bonchev–Trinajstić information content (AvgIpc) is 2.48. The van der Waals surface area contributed by atoms with E-state index in [0.29, 0.717) is 11.6 Å². The lowest BCUT2D eigenvalue weighted by Gasteiger charge is -2.35. The monoisotopic (exact) mass is 315 g/mol. The first-order chi connectivity index (χ1) is 11.1. The first-order valence-corrected chi connectivity index (χ1v) is 8.47. The van der Waals surface area contributed by atoms with Crippen molar-refractivity contribution in [2.75, 3.05) is 13.2 Å². The number of benzene rings is 1. The van der Waals surface area contributed by atoms with Crippen LogP contribution in [0, 0.1) is 13.8 Å². The van der Waals surface area contributed by atoms with Gasteiger partial charge in [-0.2, -0.15) is 0 Å². The number of hydrogen-bond acceptors (Lipinski definition) is 4. The predicted octanol–water partition coefficient (Wildman–Crippen LogP) is 3.15. The summed E-state index contributed by atoms with van der Waals surface area (Å²) in [7, 11) is 0. The molecule has 0 aliphatic carbocycles. The van der Waals surface area contributed by atoms with Gasteiger partial charge in [0.15, 0.2) is 0 Å². The highest BCUT2D eigenvalue weighted by Gasteiger charge is 2.23. The minimum Gasteiger partial charge on any atom is -0.423 e. The van der Waals surface area contributed by atoms with Crippen LogP contribution in [0.25, 0.3) is 11.0 Å². The Morgan fingerprint density at radius 3 is 2.87 bits per heavy atom. The number of aliphatic hydroxyl groups excluding tert-OH is 1. The SMILES string of the molecule is Cc1cc(C)c2c(CN3CCCC[C@H]3CCO)cc(=O)oc2c1. The molecule has 1 fully saturated rings. The maximum atomic E-state index is 12.0. The Labute approximate surface area is 136 Å². The molecule has 3 rings (SSSR count). The molecule has 1 atom stereocenters. The number of hydrogen-bond donors (Lipinski definition) is 1. The third-order valence-electron chi connectivity index (χ3n) is 4.85. The smallest absolute Gasteiger partial charge is 0.336 e. The van der Waals surface area contributed by atoms with E-state index in [1.54, 1.807) is 6.07 Å². The number of fused-ring (bicyclic) bond motifs is 1. The molecule has 4 heteroatoms. The third-order valence-corrected chi connectivity index (χ3v) is 4.85. The first-order valence-electron chi connectivity index (χ1n) is 8.47. The molecule has 1 saturated heterocycles. The van der Waals surface area contributed by atoms with E-state index >= 15 is 0 Å². The topological polar surface area (TPSA) is 53.7 Å². The molecule has 124 valence electrons. The molecule has 0 bridgehead atoms.